The van der Waals surface area contributed by atoms with Crippen LogP contribution in [0.3, 0.4) is 0 Å². The van der Waals surface area contributed by atoms with Crippen LogP contribution in [0.25, 0.3) is 11.0 Å². The average Bonchev–Trinajstić information content (AvgIpc) is 2.88. The first-order valence-corrected chi connectivity index (χ1v) is 7.56. The van der Waals surface area contributed by atoms with Gasteiger partial charge in [-0.15, -0.1) is 0 Å². The lowest BCUT2D eigenvalue weighted by molar-refractivity contribution is 0.107. The van der Waals surface area contributed by atoms with Crippen LogP contribution in [0.5, 0.6) is 0 Å². The van der Waals surface area contributed by atoms with E-state index < -0.39 is 0 Å². The van der Waals surface area contributed by atoms with Crippen LogP contribution in [0.15, 0.2) is 30.6 Å². The molecule has 0 aliphatic heterocycles. The Labute approximate surface area is 121 Å². The second-order valence-electron chi connectivity index (χ2n) is 5.11. The van der Waals surface area contributed by atoms with Crippen molar-refractivity contribution in [2.75, 3.05) is 19.8 Å². The fourth-order valence-electron chi connectivity index (χ4n) is 2.29. The van der Waals surface area contributed by atoms with Gasteiger partial charge in [-0.25, -0.2) is 4.98 Å². The lowest BCUT2D eigenvalue weighted by Crippen LogP contribution is -2.37. The molecule has 2 aromatic rings. The van der Waals surface area contributed by atoms with Gasteiger partial charge in [-0.1, -0.05) is 26.0 Å². The highest BCUT2D eigenvalue weighted by Crippen LogP contribution is 2.12. The fourth-order valence-corrected chi connectivity index (χ4v) is 2.29. The molecule has 0 aliphatic carbocycles. The average molecular weight is 275 g/mol. The number of nitrogens with zero attached hydrogens (tertiary/aromatic N) is 2. The van der Waals surface area contributed by atoms with E-state index in [2.05, 4.69) is 40.8 Å². The van der Waals surface area contributed by atoms with Crippen molar-refractivity contribution in [1.82, 2.24) is 14.9 Å². The molecule has 1 heterocycles. The van der Waals surface area contributed by atoms with Crippen molar-refractivity contribution in [3.8, 4) is 0 Å². The summed E-state index contributed by atoms with van der Waals surface area (Å²) in [6.07, 6.45) is 4.12. The van der Waals surface area contributed by atoms with Crippen molar-refractivity contribution in [3.05, 3.63) is 30.6 Å². The maximum absolute atomic E-state index is 5.71. The van der Waals surface area contributed by atoms with Crippen molar-refractivity contribution in [3.63, 3.8) is 0 Å². The van der Waals surface area contributed by atoms with Crippen molar-refractivity contribution < 1.29 is 4.74 Å². The number of ether oxygens (including phenoxy) is 1. The normalized spacial score (nSPS) is 12.9. The number of fused-ring (bicyclic) bond motifs is 1. The highest BCUT2D eigenvalue weighted by Gasteiger charge is 2.11. The van der Waals surface area contributed by atoms with Gasteiger partial charge in [0.25, 0.3) is 0 Å². The van der Waals surface area contributed by atoms with Crippen LogP contribution < -0.4 is 5.32 Å². The fraction of sp³-hybridized carbons (Fsp3) is 0.562. The lowest BCUT2D eigenvalue weighted by Gasteiger charge is -2.19. The Morgan fingerprint density at radius 1 is 1.25 bits per heavy atom. The highest BCUT2D eigenvalue weighted by molar-refractivity contribution is 5.74. The molecular formula is C16H25N3O. The molecule has 1 aromatic carbocycles. The number of rotatable bonds is 9. The summed E-state index contributed by atoms with van der Waals surface area (Å²) in [5.74, 6) is 0. The minimum atomic E-state index is 0.333. The molecule has 1 aromatic heterocycles. The molecule has 2 rings (SSSR count). The molecule has 4 heteroatoms. The third-order valence-corrected chi connectivity index (χ3v) is 3.29. The molecule has 0 spiro atoms. The molecule has 1 N–H and O–H groups in total. The Hall–Kier alpha value is -1.39. The van der Waals surface area contributed by atoms with E-state index in [9.17, 15) is 0 Å². The van der Waals surface area contributed by atoms with Crippen LogP contribution in [0.2, 0.25) is 0 Å². The summed E-state index contributed by atoms with van der Waals surface area (Å²) in [6.45, 7) is 7.81. The van der Waals surface area contributed by atoms with Gasteiger partial charge in [-0.05, 0) is 31.5 Å². The molecule has 0 aliphatic rings. The Bertz CT molecular complexity index is 509. The SMILES string of the molecule is CCCNC(COCCC)Cn1cnc2ccccc21. The Morgan fingerprint density at radius 3 is 2.90 bits per heavy atom. The van der Waals surface area contributed by atoms with Crippen LogP contribution in [0.1, 0.15) is 26.7 Å². The van der Waals surface area contributed by atoms with Gasteiger partial charge in [0.15, 0.2) is 0 Å². The first kappa shape index (κ1) is 15.0. The molecule has 0 radical (unpaired) electrons. The van der Waals surface area contributed by atoms with Crippen LogP contribution >= 0.6 is 0 Å². The van der Waals surface area contributed by atoms with Gasteiger partial charge in [0, 0.05) is 19.2 Å². The van der Waals surface area contributed by atoms with E-state index in [4.69, 9.17) is 4.74 Å². The number of hydrogen-bond acceptors (Lipinski definition) is 3. The van der Waals surface area contributed by atoms with E-state index in [-0.39, 0.29) is 0 Å². The van der Waals surface area contributed by atoms with Gasteiger partial charge in [-0.2, -0.15) is 0 Å². The zero-order chi connectivity index (χ0) is 14.2. The van der Waals surface area contributed by atoms with E-state index in [0.29, 0.717) is 6.04 Å². The molecule has 110 valence electrons. The van der Waals surface area contributed by atoms with E-state index in [1.807, 2.05) is 18.5 Å². The van der Waals surface area contributed by atoms with E-state index in [1.54, 1.807) is 0 Å². The van der Waals surface area contributed by atoms with Crippen molar-refractivity contribution in [2.45, 2.75) is 39.3 Å². The number of nitrogens with one attached hydrogen (secondary N) is 1. The standard InChI is InChI=1S/C16H25N3O/c1-3-9-17-14(12-20-10-4-2)11-19-13-18-15-7-5-6-8-16(15)19/h5-8,13-14,17H,3-4,9-12H2,1-2H3. The van der Waals surface area contributed by atoms with Crippen LogP contribution in [-0.4, -0.2) is 35.4 Å². The number of imidazole rings is 1. The van der Waals surface area contributed by atoms with Crippen molar-refractivity contribution in [1.29, 1.82) is 0 Å². The summed E-state index contributed by atoms with van der Waals surface area (Å²) in [6, 6.07) is 8.58. The van der Waals surface area contributed by atoms with E-state index in [1.165, 1.54) is 5.52 Å². The number of aromatic nitrogens is 2. The first-order chi connectivity index (χ1) is 9.85. The van der Waals surface area contributed by atoms with E-state index in [0.717, 1.165) is 44.7 Å². The van der Waals surface area contributed by atoms with Gasteiger partial charge < -0.3 is 14.6 Å². The molecule has 0 amide bonds. The molecule has 4 nitrogen and oxygen atoms in total. The second-order valence-corrected chi connectivity index (χ2v) is 5.11. The molecular weight excluding hydrogens is 250 g/mol. The third-order valence-electron chi connectivity index (χ3n) is 3.29. The second kappa shape index (κ2) is 8.02. The summed E-state index contributed by atoms with van der Waals surface area (Å²) in [5.41, 5.74) is 2.24. The van der Waals surface area contributed by atoms with Crippen LogP contribution in [0, 0.1) is 0 Å². The Kier molecular flexibility index (Phi) is 6.02. The smallest absolute Gasteiger partial charge is 0.0958 e. The topological polar surface area (TPSA) is 39.1 Å². The van der Waals surface area contributed by atoms with Crippen LogP contribution in [0.4, 0.5) is 0 Å². The van der Waals surface area contributed by atoms with E-state index >= 15 is 0 Å². The zero-order valence-electron chi connectivity index (χ0n) is 12.5. The van der Waals surface area contributed by atoms with Crippen molar-refractivity contribution in [2.24, 2.45) is 0 Å². The summed E-state index contributed by atoms with van der Waals surface area (Å²) in [4.78, 5) is 4.44. The maximum atomic E-state index is 5.71. The van der Waals surface area contributed by atoms with Gasteiger partial charge in [0.1, 0.15) is 0 Å². The molecule has 20 heavy (non-hydrogen) atoms. The van der Waals surface area contributed by atoms with Gasteiger partial charge >= 0.3 is 0 Å². The first-order valence-electron chi connectivity index (χ1n) is 7.56. The third kappa shape index (κ3) is 4.05. The number of para-hydroxylation sites is 2. The quantitative estimate of drug-likeness (QED) is 0.715. The highest BCUT2D eigenvalue weighted by atomic mass is 16.5. The molecule has 1 atom stereocenters. The molecule has 0 saturated heterocycles. The summed E-state index contributed by atoms with van der Waals surface area (Å²) in [5, 5.41) is 3.56. The largest absolute Gasteiger partial charge is 0.380 e. The monoisotopic (exact) mass is 275 g/mol. The lowest BCUT2D eigenvalue weighted by atomic mass is 10.2. The van der Waals surface area contributed by atoms with Gasteiger partial charge in [0.2, 0.25) is 0 Å². The predicted molar refractivity (Wildman–Crippen MR) is 82.9 cm³/mol. The predicted octanol–water partition coefficient (Wildman–Crippen LogP) is 2.83. The minimum Gasteiger partial charge on any atom is -0.380 e. The molecule has 0 bridgehead atoms. The van der Waals surface area contributed by atoms with Gasteiger partial charge in [0.05, 0.1) is 24.0 Å². The zero-order valence-corrected chi connectivity index (χ0v) is 12.5. The van der Waals surface area contributed by atoms with Crippen LogP contribution in [-0.2, 0) is 11.3 Å². The molecule has 0 saturated carbocycles. The Balaban J connectivity index is 2.01. The summed E-state index contributed by atoms with van der Waals surface area (Å²) in [7, 11) is 0. The Morgan fingerprint density at radius 2 is 2.10 bits per heavy atom. The molecule has 0 fully saturated rings. The van der Waals surface area contributed by atoms with Gasteiger partial charge in [-0.3, -0.25) is 0 Å². The van der Waals surface area contributed by atoms with Crippen molar-refractivity contribution >= 4 is 11.0 Å². The number of hydrogen-bond donors (Lipinski definition) is 1. The maximum Gasteiger partial charge on any atom is 0.0958 e. The minimum absolute atomic E-state index is 0.333. The summed E-state index contributed by atoms with van der Waals surface area (Å²) < 4.78 is 7.91. The summed E-state index contributed by atoms with van der Waals surface area (Å²) >= 11 is 0. The number of benzene rings is 1. The molecule has 1 unspecified atom stereocenters.